The standard InChI is InChI=1S/C15H17N3O3/c19-15(20)12-7-4-9-18-14(12)16-13(17-18)8-10-21-11-5-2-1-3-6-11/h1-3,5-6,12H,4,7-10H2,(H,19,20). The highest BCUT2D eigenvalue weighted by atomic mass is 16.5. The molecule has 1 aromatic carbocycles. The maximum atomic E-state index is 11.2. The van der Waals surface area contributed by atoms with E-state index in [0.29, 0.717) is 31.1 Å². The van der Waals surface area contributed by atoms with Crippen LogP contribution in [0.1, 0.15) is 30.4 Å². The van der Waals surface area contributed by atoms with Crippen molar-refractivity contribution in [3.63, 3.8) is 0 Å². The number of para-hydroxylation sites is 1. The van der Waals surface area contributed by atoms with E-state index in [4.69, 9.17) is 4.74 Å². The number of aromatic nitrogens is 3. The largest absolute Gasteiger partial charge is 0.493 e. The second-order valence-corrected chi connectivity index (χ2v) is 5.05. The lowest BCUT2D eigenvalue weighted by molar-refractivity contribution is -0.139. The first-order chi connectivity index (χ1) is 10.2. The molecule has 110 valence electrons. The third kappa shape index (κ3) is 3.04. The van der Waals surface area contributed by atoms with E-state index < -0.39 is 11.9 Å². The molecule has 6 nitrogen and oxygen atoms in total. The van der Waals surface area contributed by atoms with Gasteiger partial charge in [-0.3, -0.25) is 4.79 Å². The van der Waals surface area contributed by atoms with Crippen LogP contribution in [-0.4, -0.2) is 32.4 Å². The van der Waals surface area contributed by atoms with Crippen LogP contribution >= 0.6 is 0 Å². The summed E-state index contributed by atoms with van der Waals surface area (Å²) in [5, 5.41) is 13.6. The van der Waals surface area contributed by atoms with Gasteiger partial charge in [0, 0.05) is 13.0 Å². The smallest absolute Gasteiger partial charge is 0.314 e. The van der Waals surface area contributed by atoms with Crippen LogP contribution in [0, 0.1) is 0 Å². The highest BCUT2D eigenvalue weighted by Crippen LogP contribution is 2.25. The number of carbonyl (C=O) groups is 1. The number of carboxylic acid groups (broad SMARTS) is 1. The van der Waals surface area contributed by atoms with Gasteiger partial charge < -0.3 is 9.84 Å². The van der Waals surface area contributed by atoms with Gasteiger partial charge in [0.05, 0.1) is 6.61 Å². The predicted octanol–water partition coefficient (Wildman–Crippen LogP) is 1.86. The number of nitrogens with zero attached hydrogens (tertiary/aromatic N) is 3. The molecule has 2 heterocycles. The first-order valence-electron chi connectivity index (χ1n) is 7.08. The first-order valence-corrected chi connectivity index (χ1v) is 7.08. The number of hydrogen-bond acceptors (Lipinski definition) is 4. The van der Waals surface area contributed by atoms with Crippen molar-refractivity contribution in [1.29, 1.82) is 0 Å². The van der Waals surface area contributed by atoms with Crippen LogP contribution in [0.2, 0.25) is 0 Å². The Labute approximate surface area is 122 Å². The second kappa shape index (κ2) is 5.95. The van der Waals surface area contributed by atoms with Gasteiger partial charge >= 0.3 is 5.97 Å². The van der Waals surface area contributed by atoms with Gasteiger partial charge in [-0.15, -0.1) is 0 Å². The monoisotopic (exact) mass is 287 g/mol. The summed E-state index contributed by atoms with van der Waals surface area (Å²) < 4.78 is 7.33. The molecule has 6 heteroatoms. The van der Waals surface area contributed by atoms with E-state index >= 15 is 0 Å². The van der Waals surface area contributed by atoms with Crippen LogP contribution in [0.5, 0.6) is 5.75 Å². The lowest BCUT2D eigenvalue weighted by Crippen LogP contribution is -2.22. The van der Waals surface area contributed by atoms with Crippen LogP contribution < -0.4 is 4.74 Å². The molecule has 1 aromatic heterocycles. The molecule has 1 aliphatic rings. The minimum Gasteiger partial charge on any atom is -0.493 e. The highest BCUT2D eigenvalue weighted by Gasteiger charge is 2.29. The topological polar surface area (TPSA) is 77.2 Å². The fourth-order valence-corrected chi connectivity index (χ4v) is 2.52. The van der Waals surface area contributed by atoms with Crippen LogP contribution in [0.15, 0.2) is 30.3 Å². The molecule has 0 fully saturated rings. The van der Waals surface area contributed by atoms with E-state index in [-0.39, 0.29) is 0 Å². The Morgan fingerprint density at radius 1 is 1.38 bits per heavy atom. The van der Waals surface area contributed by atoms with Crippen LogP contribution in [-0.2, 0) is 17.8 Å². The lowest BCUT2D eigenvalue weighted by Gasteiger charge is -2.17. The van der Waals surface area contributed by atoms with Gasteiger partial charge in [-0.2, -0.15) is 5.10 Å². The maximum absolute atomic E-state index is 11.2. The van der Waals surface area contributed by atoms with Gasteiger partial charge in [0.1, 0.15) is 17.5 Å². The number of rotatable bonds is 5. The van der Waals surface area contributed by atoms with Gasteiger partial charge in [0.25, 0.3) is 0 Å². The molecule has 0 saturated heterocycles. The van der Waals surface area contributed by atoms with Crippen molar-refractivity contribution >= 4 is 5.97 Å². The van der Waals surface area contributed by atoms with E-state index in [1.165, 1.54) is 0 Å². The van der Waals surface area contributed by atoms with Crippen LogP contribution in [0.25, 0.3) is 0 Å². The first kappa shape index (κ1) is 13.6. The number of benzene rings is 1. The molecular formula is C15H17N3O3. The summed E-state index contributed by atoms with van der Waals surface area (Å²) in [7, 11) is 0. The Morgan fingerprint density at radius 3 is 2.95 bits per heavy atom. The third-order valence-electron chi connectivity index (χ3n) is 3.55. The maximum Gasteiger partial charge on any atom is 0.314 e. The van der Waals surface area contributed by atoms with Gasteiger partial charge in [-0.1, -0.05) is 18.2 Å². The highest BCUT2D eigenvalue weighted by molar-refractivity contribution is 5.75. The molecule has 0 saturated carbocycles. The molecule has 0 amide bonds. The van der Waals surface area contributed by atoms with Crippen molar-refractivity contribution in [2.75, 3.05) is 6.61 Å². The molecule has 0 aliphatic carbocycles. The molecular weight excluding hydrogens is 270 g/mol. The summed E-state index contributed by atoms with van der Waals surface area (Å²) in [5.74, 6) is 0.674. The Bertz CT molecular complexity index is 624. The van der Waals surface area contributed by atoms with Gasteiger partial charge in [-0.05, 0) is 25.0 Å². The number of fused-ring (bicyclic) bond motifs is 1. The summed E-state index contributed by atoms with van der Waals surface area (Å²) in [6, 6.07) is 9.56. The fourth-order valence-electron chi connectivity index (χ4n) is 2.52. The fraction of sp³-hybridized carbons (Fsp3) is 0.400. The summed E-state index contributed by atoms with van der Waals surface area (Å²) in [6.45, 7) is 1.22. The van der Waals surface area contributed by atoms with E-state index in [9.17, 15) is 9.90 Å². The Kier molecular flexibility index (Phi) is 3.85. The van der Waals surface area contributed by atoms with Gasteiger partial charge in [0.2, 0.25) is 0 Å². The van der Waals surface area contributed by atoms with Gasteiger partial charge in [-0.25, -0.2) is 9.67 Å². The van der Waals surface area contributed by atoms with Crippen molar-refractivity contribution in [1.82, 2.24) is 14.8 Å². The molecule has 3 rings (SSSR count). The SMILES string of the molecule is O=C(O)C1CCCn2nc(CCOc3ccccc3)nc21. The van der Waals surface area contributed by atoms with Crippen molar-refractivity contribution in [3.05, 3.63) is 42.0 Å². The van der Waals surface area contributed by atoms with Crippen molar-refractivity contribution in [3.8, 4) is 5.75 Å². The lowest BCUT2D eigenvalue weighted by atomic mass is 10.00. The van der Waals surface area contributed by atoms with Crippen LogP contribution in [0.3, 0.4) is 0 Å². The summed E-state index contributed by atoms with van der Waals surface area (Å²) in [4.78, 5) is 15.6. The minimum absolute atomic E-state index is 0.477. The molecule has 0 radical (unpaired) electrons. The number of aryl methyl sites for hydroxylation is 1. The summed E-state index contributed by atoms with van der Waals surface area (Å²) >= 11 is 0. The number of ether oxygens (including phenoxy) is 1. The number of hydrogen-bond donors (Lipinski definition) is 1. The number of aliphatic carboxylic acids is 1. The van der Waals surface area contributed by atoms with E-state index in [1.54, 1.807) is 4.68 Å². The Morgan fingerprint density at radius 2 is 2.19 bits per heavy atom. The Balaban J connectivity index is 1.63. The number of carboxylic acids is 1. The molecule has 0 spiro atoms. The average molecular weight is 287 g/mol. The average Bonchev–Trinajstić information content (AvgIpc) is 2.90. The van der Waals surface area contributed by atoms with E-state index in [2.05, 4.69) is 10.1 Å². The van der Waals surface area contributed by atoms with Crippen molar-refractivity contribution < 1.29 is 14.6 Å². The molecule has 21 heavy (non-hydrogen) atoms. The molecule has 1 unspecified atom stereocenters. The molecule has 1 atom stereocenters. The third-order valence-corrected chi connectivity index (χ3v) is 3.55. The van der Waals surface area contributed by atoms with Crippen molar-refractivity contribution in [2.24, 2.45) is 0 Å². The Hall–Kier alpha value is -2.37. The molecule has 2 aromatic rings. The zero-order valence-corrected chi connectivity index (χ0v) is 11.6. The summed E-state index contributed by atoms with van der Waals surface area (Å²) in [6.07, 6.45) is 2.03. The quantitative estimate of drug-likeness (QED) is 0.908. The van der Waals surface area contributed by atoms with Crippen molar-refractivity contribution in [2.45, 2.75) is 31.7 Å². The molecule has 1 N–H and O–H groups in total. The zero-order valence-electron chi connectivity index (χ0n) is 11.6. The second-order valence-electron chi connectivity index (χ2n) is 5.05. The van der Waals surface area contributed by atoms with E-state index in [0.717, 1.165) is 18.7 Å². The van der Waals surface area contributed by atoms with E-state index in [1.807, 2.05) is 30.3 Å². The normalized spacial score (nSPS) is 17.2. The predicted molar refractivity (Wildman–Crippen MR) is 75.3 cm³/mol. The van der Waals surface area contributed by atoms with Crippen LogP contribution in [0.4, 0.5) is 0 Å². The summed E-state index contributed by atoms with van der Waals surface area (Å²) in [5.41, 5.74) is 0. The van der Waals surface area contributed by atoms with Gasteiger partial charge in [0.15, 0.2) is 5.82 Å². The minimum atomic E-state index is -0.824. The zero-order chi connectivity index (χ0) is 14.7. The molecule has 1 aliphatic heterocycles. The molecule has 0 bridgehead atoms.